The van der Waals surface area contributed by atoms with Gasteiger partial charge in [0, 0.05) is 39.4 Å². The second-order valence-corrected chi connectivity index (χ2v) is 7.93. The number of hydrogen-bond donors (Lipinski definition) is 1. The molecule has 0 saturated carbocycles. The maximum absolute atomic E-state index is 4.87. The molecule has 1 N–H and O–H groups in total. The first-order valence-electron chi connectivity index (χ1n) is 10.3. The molecule has 0 atom stereocenters. The molecule has 0 aliphatic heterocycles. The minimum absolute atomic E-state index is 0.369. The van der Waals surface area contributed by atoms with Crippen molar-refractivity contribution >= 4 is 5.96 Å². The Kier molecular flexibility index (Phi) is 6.87. The van der Waals surface area contributed by atoms with Gasteiger partial charge in [-0.1, -0.05) is 44.2 Å². The Balaban J connectivity index is 1.79. The minimum atomic E-state index is 0.369. The molecule has 8 heteroatoms. The number of aryl methyl sites for hydroxylation is 2. The third kappa shape index (κ3) is 5.25. The molecule has 0 unspecified atom stereocenters. The van der Waals surface area contributed by atoms with E-state index in [2.05, 4.69) is 64.7 Å². The first-order valence-corrected chi connectivity index (χ1v) is 10.3. The monoisotopic (exact) mass is 408 g/mol. The van der Waals surface area contributed by atoms with Crippen molar-refractivity contribution in [3.63, 3.8) is 0 Å². The SMILES string of the molecule is Cc1nnc(CNC(=NCc2ccccc2)N(C)Cc2cn(C)nc2C(C)C)n1C. The summed E-state index contributed by atoms with van der Waals surface area (Å²) in [5.74, 6) is 2.95. The van der Waals surface area contributed by atoms with Crippen LogP contribution >= 0.6 is 0 Å². The quantitative estimate of drug-likeness (QED) is 0.481. The summed E-state index contributed by atoms with van der Waals surface area (Å²) in [6.45, 7) is 8.17. The Labute approximate surface area is 178 Å². The maximum atomic E-state index is 4.87. The van der Waals surface area contributed by atoms with Gasteiger partial charge in [-0.05, 0) is 18.4 Å². The van der Waals surface area contributed by atoms with Crippen LogP contribution in [0.2, 0.25) is 0 Å². The van der Waals surface area contributed by atoms with Crippen molar-refractivity contribution in [2.45, 2.75) is 46.3 Å². The highest BCUT2D eigenvalue weighted by atomic mass is 15.3. The molecular weight excluding hydrogens is 376 g/mol. The fourth-order valence-corrected chi connectivity index (χ4v) is 3.32. The second kappa shape index (κ2) is 9.56. The summed E-state index contributed by atoms with van der Waals surface area (Å²) < 4.78 is 3.87. The van der Waals surface area contributed by atoms with Crippen molar-refractivity contribution in [3.05, 3.63) is 65.0 Å². The topological polar surface area (TPSA) is 76.2 Å². The first-order chi connectivity index (χ1) is 14.3. The summed E-state index contributed by atoms with van der Waals surface area (Å²) in [4.78, 5) is 7.00. The van der Waals surface area contributed by atoms with Crippen molar-refractivity contribution in [1.29, 1.82) is 0 Å². The molecule has 2 aromatic heterocycles. The highest BCUT2D eigenvalue weighted by Crippen LogP contribution is 2.18. The number of nitrogens with zero attached hydrogens (tertiary/aromatic N) is 7. The Morgan fingerprint density at radius 3 is 2.53 bits per heavy atom. The van der Waals surface area contributed by atoms with E-state index in [9.17, 15) is 0 Å². The summed E-state index contributed by atoms with van der Waals surface area (Å²) in [5.41, 5.74) is 3.50. The van der Waals surface area contributed by atoms with Gasteiger partial charge in [-0.3, -0.25) is 4.68 Å². The van der Waals surface area contributed by atoms with Gasteiger partial charge in [-0.2, -0.15) is 5.10 Å². The molecule has 160 valence electrons. The van der Waals surface area contributed by atoms with E-state index in [0.717, 1.165) is 29.8 Å². The van der Waals surface area contributed by atoms with Crippen LogP contribution in [0, 0.1) is 6.92 Å². The van der Waals surface area contributed by atoms with Crippen molar-refractivity contribution in [1.82, 2.24) is 34.8 Å². The molecule has 3 aromatic rings. The number of guanidine groups is 1. The highest BCUT2D eigenvalue weighted by molar-refractivity contribution is 5.79. The highest BCUT2D eigenvalue weighted by Gasteiger charge is 2.16. The standard InChI is InChI=1S/C22H32N8/c1-16(2)21-19(15-29(5)27-21)14-28(4)22(23-12-18-10-8-7-9-11-18)24-13-20-26-25-17(3)30(20)6/h7-11,15-16H,12-14H2,1-6H3,(H,23,24). The van der Waals surface area contributed by atoms with E-state index in [1.807, 2.05) is 48.5 Å². The van der Waals surface area contributed by atoms with Gasteiger partial charge in [0.05, 0.1) is 18.8 Å². The third-order valence-corrected chi connectivity index (χ3v) is 5.09. The van der Waals surface area contributed by atoms with Crippen LogP contribution in [-0.2, 0) is 33.7 Å². The lowest BCUT2D eigenvalue weighted by Crippen LogP contribution is -2.38. The van der Waals surface area contributed by atoms with Crippen LogP contribution < -0.4 is 5.32 Å². The predicted octanol–water partition coefficient (Wildman–Crippen LogP) is 2.76. The Hall–Kier alpha value is -3.16. The molecule has 2 heterocycles. The molecule has 0 aliphatic rings. The minimum Gasteiger partial charge on any atom is -0.349 e. The largest absolute Gasteiger partial charge is 0.349 e. The molecule has 0 bridgehead atoms. The van der Waals surface area contributed by atoms with E-state index in [-0.39, 0.29) is 0 Å². The lowest BCUT2D eigenvalue weighted by Gasteiger charge is -2.23. The number of benzene rings is 1. The van der Waals surface area contributed by atoms with Gasteiger partial charge in [0.2, 0.25) is 0 Å². The summed E-state index contributed by atoms with van der Waals surface area (Å²) in [5, 5.41) is 16.5. The van der Waals surface area contributed by atoms with Gasteiger partial charge in [0.15, 0.2) is 11.8 Å². The summed E-state index contributed by atoms with van der Waals surface area (Å²) >= 11 is 0. The lowest BCUT2D eigenvalue weighted by molar-refractivity contribution is 0.469. The number of aromatic nitrogens is 5. The fourth-order valence-electron chi connectivity index (χ4n) is 3.32. The molecule has 30 heavy (non-hydrogen) atoms. The Morgan fingerprint density at radius 2 is 1.90 bits per heavy atom. The van der Waals surface area contributed by atoms with Gasteiger partial charge in [0.25, 0.3) is 0 Å². The van der Waals surface area contributed by atoms with Crippen LogP contribution in [-0.4, -0.2) is 42.5 Å². The van der Waals surface area contributed by atoms with Crippen molar-refractivity contribution in [2.24, 2.45) is 19.1 Å². The van der Waals surface area contributed by atoms with Gasteiger partial charge in [-0.25, -0.2) is 4.99 Å². The Bertz CT molecular complexity index is 984. The van der Waals surface area contributed by atoms with Crippen molar-refractivity contribution < 1.29 is 0 Å². The van der Waals surface area contributed by atoms with Crippen LogP contribution in [0.1, 0.15) is 48.2 Å². The molecule has 0 radical (unpaired) electrons. The van der Waals surface area contributed by atoms with E-state index in [1.54, 1.807) is 0 Å². The molecule has 0 aliphatic carbocycles. The first kappa shape index (κ1) is 21.5. The smallest absolute Gasteiger partial charge is 0.194 e. The van der Waals surface area contributed by atoms with E-state index in [4.69, 9.17) is 4.99 Å². The number of hydrogen-bond acceptors (Lipinski definition) is 4. The lowest BCUT2D eigenvalue weighted by atomic mass is 10.1. The molecular formula is C22H32N8. The van der Waals surface area contributed by atoms with Crippen LogP contribution in [0.4, 0.5) is 0 Å². The average molecular weight is 409 g/mol. The molecule has 0 amide bonds. The molecule has 0 fully saturated rings. The zero-order chi connectivity index (χ0) is 21.7. The van der Waals surface area contributed by atoms with Crippen LogP contribution in [0.5, 0.6) is 0 Å². The maximum Gasteiger partial charge on any atom is 0.194 e. The van der Waals surface area contributed by atoms with Crippen LogP contribution in [0.15, 0.2) is 41.5 Å². The normalized spacial score (nSPS) is 11.9. The Morgan fingerprint density at radius 1 is 1.17 bits per heavy atom. The zero-order valence-electron chi connectivity index (χ0n) is 18.8. The van der Waals surface area contributed by atoms with Crippen molar-refractivity contribution in [2.75, 3.05) is 7.05 Å². The van der Waals surface area contributed by atoms with Gasteiger partial charge in [0.1, 0.15) is 5.82 Å². The number of aliphatic imine (C=N–C) groups is 1. The number of rotatable bonds is 7. The van der Waals surface area contributed by atoms with Gasteiger partial charge >= 0.3 is 0 Å². The van der Waals surface area contributed by atoms with Gasteiger partial charge in [-0.15, -0.1) is 10.2 Å². The van der Waals surface area contributed by atoms with Gasteiger partial charge < -0.3 is 14.8 Å². The molecule has 0 spiro atoms. The summed E-state index contributed by atoms with van der Waals surface area (Å²) in [7, 11) is 5.99. The van der Waals surface area contributed by atoms with E-state index in [0.29, 0.717) is 19.0 Å². The fraction of sp³-hybridized carbons (Fsp3) is 0.455. The number of nitrogens with one attached hydrogen (secondary N) is 1. The molecule has 8 nitrogen and oxygen atoms in total. The molecule has 1 aromatic carbocycles. The predicted molar refractivity (Wildman–Crippen MR) is 119 cm³/mol. The molecule has 0 saturated heterocycles. The summed E-state index contributed by atoms with van der Waals surface area (Å²) in [6, 6.07) is 10.3. The third-order valence-electron chi connectivity index (χ3n) is 5.09. The van der Waals surface area contributed by atoms with Crippen LogP contribution in [0.25, 0.3) is 0 Å². The summed E-state index contributed by atoms with van der Waals surface area (Å²) in [6.07, 6.45) is 2.09. The zero-order valence-corrected chi connectivity index (χ0v) is 18.8. The van der Waals surface area contributed by atoms with E-state index in [1.165, 1.54) is 11.1 Å². The van der Waals surface area contributed by atoms with Crippen molar-refractivity contribution in [3.8, 4) is 0 Å². The van der Waals surface area contributed by atoms with E-state index < -0.39 is 0 Å². The molecule has 3 rings (SSSR count). The van der Waals surface area contributed by atoms with Crippen LogP contribution in [0.3, 0.4) is 0 Å². The average Bonchev–Trinajstić information content (AvgIpc) is 3.25. The second-order valence-electron chi connectivity index (χ2n) is 7.93. The van der Waals surface area contributed by atoms with E-state index >= 15 is 0 Å².